The van der Waals surface area contributed by atoms with Crippen LogP contribution in [0.2, 0.25) is 0 Å². The Balaban J connectivity index is 1.88. The highest BCUT2D eigenvalue weighted by molar-refractivity contribution is 7.12. The second kappa shape index (κ2) is 6.89. The Morgan fingerprint density at radius 1 is 1.52 bits per heavy atom. The average Bonchev–Trinajstić information content (AvgIpc) is 2.84. The average molecular weight is 306 g/mol. The first-order chi connectivity index (χ1) is 10.0. The molecule has 4 nitrogen and oxygen atoms in total. The summed E-state index contributed by atoms with van der Waals surface area (Å²) in [5.74, 6) is 0.307. The Hall–Kier alpha value is -1.62. The molecule has 1 aromatic heterocycles. The molecule has 0 aliphatic carbocycles. The second-order valence-electron chi connectivity index (χ2n) is 5.58. The van der Waals surface area contributed by atoms with Crippen molar-refractivity contribution in [2.45, 2.75) is 26.7 Å². The smallest absolute Gasteiger partial charge is 0.261 e. The Kier molecular flexibility index (Phi) is 5.17. The normalized spacial score (nSPS) is 18.4. The number of aryl methyl sites for hydroxylation is 1. The standard InChI is InChI=1S/C16H22N2O2S/c1-4-14(19)18-7-5-6-13(9-18)8-17-16(20)15-12(3)11(2)10-21-15/h4,10,13H,1,5-9H2,2-3H3,(H,17,20). The molecule has 1 aliphatic rings. The van der Waals surface area contributed by atoms with Crippen molar-refractivity contribution in [3.63, 3.8) is 0 Å². The van der Waals surface area contributed by atoms with Gasteiger partial charge in [-0.05, 0) is 55.2 Å². The minimum atomic E-state index is -0.0178. The summed E-state index contributed by atoms with van der Waals surface area (Å²) in [5, 5.41) is 5.02. The lowest BCUT2D eigenvalue weighted by Gasteiger charge is -2.32. The molecule has 2 rings (SSSR count). The molecule has 0 saturated carbocycles. The number of amides is 2. The summed E-state index contributed by atoms with van der Waals surface area (Å²) in [6.07, 6.45) is 3.39. The van der Waals surface area contributed by atoms with Crippen molar-refractivity contribution in [2.24, 2.45) is 5.92 Å². The largest absolute Gasteiger partial charge is 0.351 e. The number of carbonyl (C=O) groups excluding carboxylic acids is 2. The molecule has 1 saturated heterocycles. The van der Waals surface area contributed by atoms with Crippen molar-refractivity contribution >= 4 is 23.2 Å². The lowest BCUT2D eigenvalue weighted by atomic mass is 9.98. The second-order valence-corrected chi connectivity index (χ2v) is 6.46. The van der Waals surface area contributed by atoms with Crippen LogP contribution in [0.4, 0.5) is 0 Å². The number of hydrogen-bond donors (Lipinski definition) is 1. The van der Waals surface area contributed by atoms with Crippen LogP contribution in [0.3, 0.4) is 0 Å². The number of hydrogen-bond acceptors (Lipinski definition) is 3. The molecule has 5 heteroatoms. The van der Waals surface area contributed by atoms with Crippen molar-refractivity contribution in [3.05, 3.63) is 34.0 Å². The van der Waals surface area contributed by atoms with Gasteiger partial charge >= 0.3 is 0 Å². The van der Waals surface area contributed by atoms with Gasteiger partial charge in [-0.3, -0.25) is 9.59 Å². The van der Waals surface area contributed by atoms with Crippen LogP contribution in [0, 0.1) is 19.8 Å². The fourth-order valence-electron chi connectivity index (χ4n) is 2.61. The molecule has 2 amide bonds. The van der Waals surface area contributed by atoms with Crippen molar-refractivity contribution in [1.29, 1.82) is 0 Å². The molecule has 1 N–H and O–H groups in total. The number of carbonyl (C=O) groups is 2. The molecular formula is C16H22N2O2S. The molecule has 2 heterocycles. The minimum Gasteiger partial charge on any atom is -0.351 e. The number of piperidine rings is 1. The van der Waals surface area contributed by atoms with Crippen LogP contribution in [0.5, 0.6) is 0 Å². The summed E-state index contributed by atoms with van der Waals surface area (Å²) in [6, 6.07) is 0. The minimum absolute atomic E-state index is 0.00206. The zero-order chi connectivity index (χ0) is 15.4. The summed E-state index contributed by atoms with van der Waals surface area (Å²) in [7, 11) is 0. The van der Waals surface area contributed by atoms with Crippen LogP contribution in [0.15, 0.2) is 18.0 Å². The summed E-state index contributed by atoms with van der Waals surface area (Å²) in [6.45, 7) is 9.63. The van der Waals surface area contributed by atoms with Crippen molar-refractivity contribution in [3.8, 4) is 0 Å². The molecule has 1 atom stereocenters. The van der Waals surface area contributed by atoms with Gasteiger partial charge < -0.3 is 10.2 Å². The lowest BCUT2D eigenvalue weighted by molar-refractivity contribution is -0.127. The molecule has 0 radical (unpaired) electrons. The molecule has 0 aromatic carbocycles. The third kappa shape index (κ3) is 3.73. The molecule has 0 bridgehead atoms. The van der Waals surface area contributed by atoms with Crippen LogP contribution in [0.25, 0.3) is 0 Å². The number of thiophene rings is 1. The highest BCUT2D eigenvalue weighted by Crippen LogP contribution is 2.21. The van der Waals surface area contributed by atoms with Gasteiger partial charge in [0.2, 0.25) is 5.91 Å². The monoisotopic (exact) mass is 306 g/mol. The van der Waals surface area contributed by atoms with Crippen LogP contribution in [-0.4, -0.2) is 36.3 Å². The maximum absolute atomic E-state index is 12.2. The molecular weight excluding hydrogens is 284 g/mol. The Labute approximate surface area is 129 Å². The first-order valence-corrected chi connectivity index (χ1v) is 8.15. The van der Waals surface area contributed by atoms with Crippen LogP contribution < -0.4 is 5.32 Å². The van der Waals surface area contributed by atoms with E-state index >= 15 is 0 Å². The zero-order valence-corrected chi connectivity index (χ0v) is 13.5. The van der Waals surface area contributed by atoms with Gasteiger partial charge in [0, 0.05) is 19.6 Å². The lowest BCUT2D eigenvalue weighted by Crippen LogP contribution is -2.43. The van der Waals surface area contributed by atoms with Crippen molar-refractivity contribution in [1.82, 2.24) is 10.2 Å². The third-order valence-corrected chi connectivity index (χ3v) is 5.25. The van der Waals surface area contributed by atoms with E-state index in [1.807, 2.05) is 24.1 Å². The highest BCUT2D eigenvalue weighted by Gasteiger charge is 2.23. The van der Waals surface area contributed by atoms with E-state index in [0.29, 0.717) is 19.0 Å². The Bertz CT molecular complexity index is 550. The maximum atomic E-state index is 12.2. The van der Waals surface area contributed by atoms with E-state index in [-0.39, 0.29) is 11.8 Å². The first-order valence-electron chi connectivity index (χ1n) is 7.27. The molecule has 0 spiro atoms. The van der Waals surface area contributed by atoms with Gasteiger partial charge in [-0.15, -0.1) is 11.3 Å². The highest BCUT2D eigenvalue weighted by atomic mass is 32.1. The molecule has 114 valence electrons. The number of nitrogens with one attached hydrogen (secondary N) is 1. The van der Waals surface area contributed by atoms with Crippen molar-refractivity contribution < 1.29 is 9.59 Å². The molecule has 1 aromatic rings. The fourth-order valence-corrected chi connectivity index (χ4v) is 3.59. The quantitative estimate of drug-likeness (QED) is 0.869. The van der Waals surface area contributed by atoms with Gasteiger partial charge in [0.25, 0.3) is 5.91 Å². The molecule has 1 aliphatic heterocycles. The van der Waals surface area contributed by atoms with Crippen LogP contribution in [0.1, 0.15) is 33.6 Å². The SMILES string of the molecule is C=CC(=O)N1CCCC(CNC(=O)c2scc(C)c2C)C1. The van der Waals surface area contributed by atoms with Gasteiger partial charge in [-0.1, -0.05) is 6.58 Å². The molecule has 1 fully saturated rings. The van der Waals surface area contributed by atoms with E-state index in [4.69, 9.17) is 0 Å². The summed E-state index contributed by atoms with van der Waals surface area (Å²) < 4.78 is 0. The number of rotatable bonds is 4. The molecule has 1 unspecified atom stereocenters. The Morgan fingerprint density at radius 3 is 2.90 bits per heavy atom. The summed E-state index contributed by atoms with van der Waals surface area (Å²) in [4.78, 5) is 26.4. The maximum Gasteiger partial charge on any atom is 0.261 e. The Morgan fingerprint density at radius 2 is 2.29 bits per heavy atom. The van der Waals surface area contributed by atoms with E-state index in [2.05, 4.69) is 11.9 Å². The topological polar surface area (TPSA) is 49.4 Å². The van der Waals surface area contributed by atoms with Crippen LogP contribution >= 0.6 is 11.3 Å². The van der Waals surface area contributed by atoms with Crippen molar-refractivity contribution in [2.75, 3.05) is 19.6 Å². The van der Waals surface area contributed by atoms with E-state index in [9.17, 15) is 9.59 Å². The van der Waals surface area contributed by atoms with Gasteiger partial charge in [0.05, 0.1) is 4.88 Å². The van der Waals surface area contributed by atoms with E-state index in [1.165, 1.54) is 17.4 Å². The third-order valence-electron chi connectivity index (χ3n) is 4.05. The first kappa shape index (κ1) is 15.8. The van der Waals surface area contributed by atoms with Crippen LogP contribution in [-0.2, 0) is 4.79 Å². The fraction of sp³-hybridized carbons (Fsp3) is 0.500. The van der Waals surface area contributed by atoms with Gasteiger partial charge in [0.15, 0.2) is 0 Å². The van der Waals surface area contributed by atoms with E-state index in [0.717, 1.165) is 35.4 Å². The summed E-state index contributed by atoms with van der Waals surface area (Å²) in [5.41, 5.74) is 2.22. The number of likely N-dealkylation sites (tertiary alicyclic amines) is 1. The predicted molar refractivity (Wildman–Crippen MR) is 85.6 cm³/mol. The molecule has 21 heavy (non-hydrogen) atoms. The van der Waals surface area contributed by atoms with Gasteiger partial charge in [-0.2, -0.15) is 0 Å². The van der Waals surface area contributed by atoms with E-state index < -0.39 is 0 Å². The zero-order valence-electron chi connectivity index (χ0n) is 12.6. The number of nitrogens with zero attached hydrogens (tertiary/aromatic N) is 1. The van der Waals surface area contributed by atoms with E-state index in [1.54, 1.807) is 0 Å². The predicted octanol–water partition coefficient (Wildman–Crippen LogP) is 2.52. The van der Waals surface area contributed by atoms with Gasteiger partial charge in [0.1, 0.15) is 0 Å². The van der Waals surface area contributed by atoms with Gasteiger partial charge in [-0.25, -0.2) is 0 Å². The summed E-state index contributed by atoms with van der Waals surface area (Å²) >= 11 is 1.49.